The second kappa shape index (κ2) is 10.6. The maximum atomic E-state index is 13.0. The van der Waals surface area contributed by atoms with Gasteiger partial charge in [-0.25, -0.2) is 4.98 Å². The lowest BCUT2D eigenvalue weighted by Gasteiger charge is -2.13. The van der Waals surface area contributed by atoms with E-state index in [1.165, 1.54) is 13.8 Å². The van der Waals surface area contributed by atoms with Crippen LogP contribution >= 0.6 is 0 Å². The summed E-state index contributed by atoms with van der Waals surface area (Å²) in [5, 5.41) is 0. The topological polar surface area (TPSA) is 111 Å². The Kier molecular flexibility index (Phi) is 7.81. The van der Waals surface area contributed by atoms with Gasteiger partial charge in [-0.1, -0.05) is 25.5 Å². The van der Waals surface area contributed by atoms with Gasteiger partial charge in [0, 0.05) is 24.2 Å². The van der Waals surface area contributed by atoms with Crippen LogP contribution in [0.5, 0.6) is 0 Å². The first-order valence-corrected chi connectivity index (χ1v) is 11.6. The summed E-state index contributed by atoms with van der Waals surface area (Å²) < 4.78 is 7.06. The number of ketones is 2. The number of fused-ring (bicyclic) bond motifs is 1. The maximum absolute atomic E-state index is 13.0. The number of carbonyl (C=O) groups is 3. The lowest BCUT2D eigenvalue weighted by atomic mass is 10.0. The quantitative estimate of drug-likeness (QED) is 0.357. The number of hydrogen-bond donors (Lipinski definition) is 1. The Hall–Kier alpha value is -3.55. The zero-order chi connectivity index (χ0) is 25.0. The highest BCUT2D eigenvalue weighted by molar-refractivity contribution is 6.05. The van der Waals surface area contributed by atoms with Gasteiger partial charge in [0.1, 0.15) is 5.69 Å². The lowest BCUT2D eigenvalue weighted by molar-refractivity contribution is -0.146. The third kappa shape index (κ3) is 5.16. The van der Waals surface area contributed by atoms with Crippen molar-refractivity contribution in [2.45, 2.75) is 73.0 Å². The predicted molar refractivity (Wildman–Crippen MR) is 129 cm³/mol. The second-order valence-electron chi connectivity index (χ2n) is 8.54. The molecule has 0 amide bonds. The summed E-state index contributed by atoms with van der Waals surface area (Å²) in [6, 6.07) is 7.44. The molecule has 0 radical (unpaired) electrons. The van der Waals surface area contributed by atoms with Crippen LogP contribution in [0.1, 0.15) is 77.8 Å². The Morgan fingerprint density at radius 3 is 2.53 bits per heavy atom. The van der Waals surface area contributed by atoms with Crippen LogP contribution in [0, 0.1) is 13.8 Å². The predicted octanol–water partition coefficient (Wildman–Crippen LogP) is 4.09. The number of benzene rings is 1. The van der Waals surface area contributed by atoms with E-state index in [9.17, 15) is 19.2 Å². The van der Waals surface area contributed by atoms with Crippen molar-refractivity contribution < 1.29 is 19.1 Å². The van der Waals surface area contributed by atoms with Crippen molar-refractivity contribution in [1.82, 2.24) is 14.5 Å². The number of para-hydroxylation sites is 2. The van der Waals surface area contributed by atoms with Gasteiger partial charge in [0.15, 0.2) is 11.9 Å². The van der Waals surface area contributed by atoms with Crippen LogP contribution in [0.15, 0.2) is 29.1 Å². The van der Waals surface area contributed by atoms with Crippen molar-refractivity contribution in [3.63, 3.8) is 0 Å². The van der Waals surface area contributed by atoms with Crippen molar-refractivity contribution >= 4 is 28.6 Å². The van der Waals surface area contributed by atoms with Crippen LogP contribution in [-0.4, -0.2) is 38.2 Å². The molecule has 180 valence electrons. The number of ether oxygens (including phenoxy) is 1. The van der Waals surface area contributed by atoms with E-state index in [0.717, 1.165) is 18.4 Å². The van der Waals surface area contributed by atoms with Gasteiger partial charge in [0.25, 0.3) is 5.56 Å². The molecule has 0 saturated carbocycles. The van der Waals surface area contributed by atoms with Crippen molar-refractivity contribution in [1.29, 1.82) is 0 Å². The number of carbonyl (C=O) groups excluding carboxylic acids is 3. The van der Waals surface area contributed by atoms with Crippen LogP contribution in [0.25, 0.3) is 11.0 Å². The summed E-state index contributed by atoms with van der Waals surface area (Å²) in [4.78, 5) is 57.6. The van der Waals surface area contributed by atoms with E-state index >= 15 is 0 Å². The second-order valence-corrected chi connectivity index (χ2v) is 8.54. The number of unbranched alkanes of at least 4 members (excludes halogenated alkanes) is 1. The molecule has 1 unspecified atom stereocenters. The number of nitrogens with zero attached hydrogens (tertiary/aromatic N) is 2. The SMILES string of the molecule is CCCCn1c(=O)c(CCC(=O)OC(C)C(=O)c2[nH]c(C)c(C(C)=O)c2C)nc2ccccc21. The Bertz CT molecular complexity index is 1300. The van der Waals surface area contributed by atoms with Gasteiger partial charge >= 0.3 is 5.97 Å². The lowest BCUT2D eigenvalue weighted by Crippen LogP contribution is -2.28. The van der Waals surface area contributed by atoms with Crippen LogP contribution in [0.4, 0.5) is 0 Å². The Balaban J connectivity index is 1.72. The van der Waals surface area contributed by atoms with Crippen molar-refractivity contribution in [2.75, 3.05) is 0 Å². The summed E-state index contributed by atoms with van der Waals surface area (Å²) in [5.41, 5.74) is 3.45. The molecule has 0 bridgehead atoms. The molecule has 2 heterocycles. The highest BCUT2D eigenvalue weighted by Gasteiger charge is 2.26. The van der Waals surface area contributed by atoms with E-state index in [1.807, 2.05) is 24.3 Å². The molecule has 3 rings (SSSR count). The number of aromatic amines is 1. The number of hydrogen-bond acceptors (Lipinski definition) is 6. The Labute approximate surface area is 198 Å². The van der Waals surface area contributed by atoms with Gasteiger partial charge in [0.05, 0.1) is 23.1 Å². The third-order valence-electron chi connectivity index (χ3n) is 5.93. The average Bonchev–Trinajstić information content (AvgIpc) is 3.10. The van der Waals surface area contributed by atoms with Crippen molar-refractivity contribution in [3.05, 3.63) is 62.8 Å². The van der Waals surface area contributed by atoms with Gasteiger partial charge in [-0.3, -0.25) is 19.2 Å². The zero-order valence-corrected chi connectivity index (χ0v) is 20.4. The van der Waals surface area contributed by atoms with E-state index in [4.69, 9.17) is 4.74 Å². The molecular weight excluding hydrogens is 434 g/mol. The highest BCUT2D eigenvalue weighted by Crippen LogP contribution is 2.20. The minimum atomic E-state index is -1.03. The number of aryl methyl sites for hydroxylation is 3. The zero-order valence-electron chi connectivity index (χ0n) is 20.4. The molecule has 8 heteroatoms. The minimum Gasteiger partial charge on any atom is -0.454 e. The van der Waals surface area contributed by atoms with E-state index in [-0.39, 0.29) is 29.9 Å². The molecule has 3 aromatic rings. The molecule has 1 N–H and O–H groups in total. The summed E-state index contributed by atoms with van der Waals surface area (Å²) >= 11 is 0. The molecule has 2 aromatic heterocycles. The molecule has 0 aliphatic rings. The maximum Gasteiger partial charge on any atom is 0.306 e. The van der Waals surface area contributed by atoms with Gasteiger partial charge in [0.2, 0.25) is 5.78 Å². The molecular formula is C26H31N3O5. The van der Waals surface area contributed by atoms with Gasteiger partial charge in [-0.15, -0.1) is 0 Å². The van der Waals surface area contributed by atoms with Crippen LogP contribution in [-0.2, 0) is 22.5 Å². The van der Waals surface area contributed by atoms with Crippen LogP contribution < -0.4 is 5.56 Å². The fraction of sp³-hybridized carbons (Fsp3) is 0.423. The monoisotopic (exact) mass is 465 g/mol. The number of aromatic nitrogens is 3. The van der Waals surface area contributed by atoms with E-state index in [1.54, 1.807) is 18.4 Å². The first kappa shape index (κ1) is 25.1. The van der Waals surface area contributed by atoms with Crippen molar-refractivity contribution in [2.24, 2.45) is 0 Å². The molecule has 0 aliphatic carbocycles. The summed E-state index contributed by atoms with van der Waals surface area (Å²) in [6.07, 6.45) is 0.815. The molecule has 0 aliphatic heterocycles. The fourth-order valence-electron chi connectivity index (χ4n) is 4.20. The third-order valence-corrected chi connectivity index (χ3v) is 5.93. The van der Waals surface area contributed by atoms with Gasteiger partial charge < -0.3 is 14.3 Å². The minimum absolute atomic E-state index is 0.0760. The average molecular weight is 466 g/mol. The fourth-order valence-corrected chi connectivity index (χ4v) is 4.20. The standard InChI is InChI=1S/C26H31N3O5/c1-6-7-14-29-21-11-9-8-10-19(21)28-20(26(29)33)12-13-22(31)34-18(5)25(32)24-15(2)23(17(4)30)16(3)27-24/h8-11,18,27H,6-7,12-14H2,1-5H3. The largest absolute Gasteiger partial charge is 0.454 e. The van der Waals surface area contributed by atoms with Crippen LogP contribution in [0.2, 0.25) is 0 Å². The summed E-state index contributed by atoms with van der Waals surface area (Å²) in [5.74, 6) is -1.14. The number of Topliss-reactive ketones (excluding diaryl/α,β-unsaturated/α-hetero) is 2. The van der Waals surface area contributed by atoms with E-state index in [0.29, 0.717) is 34.6 Å². The first-order valence-electron chi connectivity index (χ1n) is 11.6. The first-order chi connectivity index (χ1) is 16.1. The van der Waals surface area contributed by atoms with Gasteiger partial charge in [-0.2, -0.15) is 0 Å². The molecule has 34 heavy (non-hydrogen) atoms. The molecule has 1 aromatic carbocycles. The van der Waals surface area contributed by atoms with Crippen molar-refractivity contribution in [3.8, 4) is 0 Å². The molecule has 0 spiro atoms. The number of esters is 1. The highest BCUT2D eigenvalue weighted by atomic mass is 16.5. The van der Waals surface area contributed by atoms with E-state index in [2.05, 4.69) is 16.9 Å². The molecule has 8 nitrogen and oxygen atoms in total. The molecule has 1 atom stereocenters. The number of nitrogens with one attached hydrogen (secondary N) is 1. The normalized spacial score (nSPS) is 12.0. The number of H-pyrrole nitrogens is 1. The summed E-state index contributed by atoms with van der Waals surface area (Å²) in [6.45, 7) is 8.99. The Morgan fingerprint density at radius 1 is 1.18 bits per heavy atom. The van der Waals surface area contributed by atoms with E-state index < -0.39 is 17.9 Å². The Morgan fingerprint density at radius 2 is 1.88 bits per heavy atom. The number of rotatable bonds is 10. The smallest absolute Gasteiger partial charge is 0.306 e. The van der Waals surface area contributed by atoms with Crippen LogP contribution in [0.3, 0.4) is 0 Å². The molecule has 0 fully saturated rings. The molecule has 0 saturated heterocycles. The van der Waals surface area contributed by atoms with Gasteiger partial charge in [-0.05, 0) is 51.8 Å². The summed E-state index contributed by atoms with van der Waals surface area (Å²) in [7, 11) is 0.